The molecule has 0 aromatic carbocycles. The molecule has 1 N–H and O–H groups in total. The van der Waals surface area contributed by atoms with Crippen molar-refractivity contribution in [3.8, 4) is 5.75 Å². The van der Waals surface area contributed by atoms with Gasteiger partial charge in [-0.25, -0.2) is 9.97 Å². The van der Waals surface area contributed by atoms with Gasteiger partial charge in [0.15, 0.2) is 16.7 Å². The van der Waals surface area contributed by atoms with E-state index in [9.17, 15) is 0 Å². The number of piperidine rings is 1. The number of nitrogens with zero attached hydrogens (tertiary/aromatic N) is 3. The second-order valence-corrected chi connectivity index (χ2v) is 5.54. The Labute approximate surface area is 118 Å². The summed E-state index contributed by atoms with van der Waals surface area (Å²) in [5.74, 6) is 1.25. The summed E-state index contributed by atoms with van der Waals surface area (Å²) >= 11 is 6.03. The van der Waals surface area contributed by atoms with Crippen LogP contribution >= 0.6 is 11.6 Å². The molecule has 0 radical (unpaired) electrons. The predicted molar refractivity (Wildman–Crippen MR) is 74.8 cm³/mol. The summed E-state index contributed by atoms with van der Waals surface area (Å²) in [4.78, 5) is 10.8. The summed E-state index contributed by atoms with van der Waals surface area (Å²) in [5, 5.41) is 3.86. The lowest BCUT2D eigenvalue weighted by molar-refractivity contribution is 0.192. The number of halogens is 1. The number of methoxy groups -OCH3 is 1. The summed E-state index contributed by atoms with van der Waals surface area (Å²) in [5.41, 5.74) is 0. The Morgan fingerprint density at radius 2 is 2.21 bits per heavy atom. The minimum Gasteiger partial charge on any atom is -0.490 e. The van der Waals surface area contributed by atoms with Gasteiger partial charge in [0.1, 0.15) is 6.33 Å². The van der Waals surface area contributed by atoms with Crippen LogP contribution in [-0.4, -0.2) is 47.2 Å². The van der Waals surface area contributed by atoms with Crippen LogP contribution in [0.15, 0.2) is 6.33 Å². The Morgan fingerprint density at radius 3 is 3.05 bits per heavy atom. The minimum absolute atomic E-state index is 0.360. The summed E-state index contributed by atoms with van der Waals surface area (Å²) in [6.07, 6.45) is 6.53. The van der Waals surface area contributed by atoms with Gasteiger partial charge >= 0.3 is 0 Å². The van der Waals surface area contributed by atoms with Crippen LogP contribution in [0.3, 0.4) is 0 Å². The van der Waals surface area contributed by atoms with E-state index in [1.54, 1.807) is 7.11 Å². The second kappa shape index (κ2) is 5.51. The van der Waals surface area contributed by atoms with Crippen molar-refractivity contribution in [3.05, 3.63) is 11.5 Å². The summed E-state index contributed by atoms with van der Waals surface area (Å²) in [7, 11) is 1.59. The van der Waals surface area contributed by atoms with Crippen molar-refractivity contribution in [1.29, 1.82) is 0 Å². The Bertz CT molecular complexity index is 456. The summed E-state index contributed by atoms with van der Waals surface area (Å²) < 4.78 is 5.29. The lowest BCUT2D eigenvalue weighted by Gasteiger charge is -2.32. The van der Waals surface area contributed by atoms with Crippen molar-refractivity contribution in [3.63, 3.8) is 0 Å². The molecule has 1 aromatic rings. The molecule has 104 valence electrons. The van der Waals surface area contributed by atoms with Crippen LogP contribution in [-0.2, 0) is 0 Å². The zero-order valence-corrected chi connectivity index (χ0v) is 11.9. The maximum atomic E-state index is 6.03. The first-order chi connectivity index (χ1) is 9.29. The molecule has 5 nitrogen and oxygen atoms in total. The third-order valence-corrected chi connectivity index (χ3v) is 4.41. The molecule has 2 unspecified atom stereocenters. The normalized spacial score (nSPS) is 27.1. The molecule has 0 saturated carbocycles. The number of nitrogens with one attached hydrogen (secondary N) is 1. The van der Waals surface area contributed by atoms with Gasteiger partial charge in [0.05, 0.1) is 7.11 Å². The molecule has 1 aromatic heterocycles. The predicted octanol–water partition coefficient (Wildman–Crippen LogP) is 2.18. The summed E-state index contributed by atoms with van der Waals surface area (Å²) in [6, 6.07) is 1.05. The molecule has 2 fully saturated rings. The SMILES string of the molecule is COc1c(Cl)ncnc1NC1CCN2CCCCC12. The smallest absolute Gasteiger partial charge is 0.198 e. The molecule has 3 heterocycles. The number of anilines is 1. The van der Waals surface area contributed by atoms with Gasteiger partial charge < -0.3 is 10.1 Å². The molecule has 0 aliphatic carbocycles. The zero-order valence-electron chi connectivity index (χ0n) is 11.1. The van der Waals surface area contributed by atoms with Crippen LogP contribution in [0, 0.1) is 0 Å². The van der Waals surface area contributed by atoms with Crippen molar-refractivity contribution in [2.75, 3.05) is 25.5 Å². The highest BCUT2D eigenvalue weighted by Crippen LogP contribution is 2.33. The highest BCUT2D eigenvalue weighted by Gasteiger charge is 2.36. The van der Waals surface area contributed by atoms with Gasteiger partial charge in [0, 0.05) is 18.6 Å². The monoisotopic (exact) mass is 282 g/mol. The van der Waals surface area contributed by atoms with E-state index in [-0.39, 0.29) is 0 Å². The Balaban J connectivity index is 1.76. The fraction of sp³-hybridized carbons (Fsp3) is 0.692. The fourth-order valence-electron chi connectivity index (χ4n) is 3.23. The summed E-state index contributed by atoms with van der Waals surface area (Å²) in [6.45, 7) is 2.40. The van der Waals surface area contributed by atoms with E-state index in [0.29, 0.717) is 28.8 Å². The van der Waals surface area contributed by atoms with Crippen molar-refractivity contribution in [2.24, 2.45) is 0 Å². The first-order valence-electron chi connectivity index (χ1n) is 6.84. The van der Waals surface area contributed by atoms with Gasteiger partial charge in [-0.2, -0.15) is 0 Å². The number of hydrogen-bond donors (Lipinski definition) is 1. The van der Waals surface area contributed by atoms with Crippen molar-refractivity contribution >= 4 is 17.4 Å². The van der Waals surface area contributed by atoms with Crippen LogP contribution in [0.4, 0.5) is 5.82 Å². The van der Waals surface area contributed by atoms with Crippen LogP contribution < -0.4 is 10.1 Å². The average Bonchev–Trinajstić information content (AvgIpc) is 2.83. The molecular formula is C13H19ClN4O. The van der Waals surface area contributed by atoms with Gasteiger partial charge in [0.2, 0.25) is 0 Å². The number of ether oxygens (including phenoxy) is 1. The molecule has 19 heavy (non-hydrogen) atoms. The van der Waals surface area contributed by atoms with Crippen LogP contribution in [0.1, 0.15) is 25.7 Å². The minimum atomic E-state index is 0.360. The van der Waals surface area contributed by atoms with Crippen molar-refractivity contribution < 1.29 is 4.74 Å². The highest BCUT2D eigenvalue weighted by molar-refractivity contribution is 6.31. The number of rotatable bonds is 3. The third kappa shape index (κ3) is 2.49. The maximum absolute atomic E-state index is 6.03. The van der Waals surface area contributed by atoms with E-state index in [1.165, 1.54) is 38.7 Å². The Kier molecular flexibility index (Phi) is 3.75. The van der Waals surface area contributed by atoms with E-state index >= 15 is 0 Å². The molecule has 0 spiro atoms. The molecule has 2 aliphatic heterocycles. The van der Waals surface area contributed by atoms with Crippen molar-refractivity contribution in [1.82, 2.24) is 14.9 Å². The van der Waals surface area contributed by atoms with E-state index in [0.717, 1.165) is 6.42 Å². The topological polar surface area (TPSA) is 50.3 Å². The molecule has 3 rings (SSSR count). The quantitative estimate of drug-likeness (QED) is 0.861. The Hall–Kier alpha value is -1.07. The number of fused-ring (bicyclic) bond motifs is 1. The molecule has 0 bridgehead atoms. The lowest BCUT2D eigenvalue weighted by Crippen LogP contribution is -2.41. The standard InChI is InChI=1S/C13H19ClN4O/c1-19-11-12(14)15-8-16-13(11)17-9-5-7-18-6-3-2-4-10(9)18/h8-10H,2-7H2,1H3,(H,15,16,17). The highest BCUT2D eigenvalue weighted by atomic mass is 35.5. The second-order valence-electron chi connectivity index (χ2n) is 5.18. The fourth-order valence-corrected chi connectivity index (χ4v) is 3.44. The molecule has 0 amide bonds. The molecule has 2 saturated heterocycles. The van der Waals surface area contributed by atoms with Gasteiger partial charge in [-0.3, -0.25) is 4.90 Å². The molecule has 6 heteroatoms. The molecule has 2 atom stereocenters. The lowest BCUT2D eigenvalue weighted by atomic mass is 9.99. The van der Waals surface area contributed by atoms with E-state index in [1.807, 2.05) is 0 Å². The van der Waals surface area contributed by atoms with Crippen molar-refractivity contribution in [2.45, 2.75) is 37.8 Å². The zero-order chi connectivity index (χ0) is 13.2. The van der Waals surface area contributed by atoms with Gasteiger partial charge in [-0.1, -0.05) is 18.0 Å². The third-order valence-electron chi connectivity index (χ3n) is 4.14. The van der Waals surface area contributed by atoms with E-state index < -0.39 is 0 Å². The first kappa shape index (κ1) is 12.9. The largest absolute Gasteiger partial charge is 0.490 e. The van der Waals surface area contributed by atoms with Crippen LogP contribution in [0.2, 0.25) is 5.15 Å². The van der Waals surface area contributed by atoms with Gasteiger partial charge in [0.25, 0.3) is 0 Å². The molecular weight excluding hydrogens is 264 g/mol. The number of aromatic nitrogens is 2. The Morgan fingerprint density at radius 1 is 1.32 bits per heavy atom. The molecule has 2 aliphatic rings. The maximum Gasteiger partial charge on any atom is 0.198 e. The number of hydrogen-bond acceptors (Lipinski definition) is 5. The first-order valence-corrected chi connectivity index (χ1v) is 7.22. The average molecular weight is 283 g/mol. The van der Waals surface area contributed by atoms with E-state index in [4.69, 9.17) is 16.3 Å². The van der Waals surface area contributed by atoms with Crippen LogP contribution in [0.5, 0.6) is 5.75 Å². The van der Waals surface area contributed by atoms with Crippen LogP contribution in [0.25, 0.3) is 0 Å². The van der Waals surface area contributed by atoms with Gasteiger partial charge in [-0.05, 0) is 25.8 Å². The van der Waals surface area contributed by atoms with E-state index in [2.05, 4.69) is 20.2 Å². The van der Waals surface area contributed by atoms with Gasteiger partial charge in [-0.15, -0.1) is 0 Å².